The van der Waals surface area contributed by atoms with E-state index in [0.29, 0.717) is 28.8 Å². The standard InChI is InChI=1S/C26H28ClN3O3S/c1-19-23(16-26(34-19)20-5-7-21(27)8-6-20)28-17-30(18-31)22-9-10-24(25(15-22)32-2)33-14-13-29-11-3-4-12-29/h5-10,15-18H,3-4,11-14H2,1-2H3. The van der Waals surface area contributed by atoms with Crippen molar-refractivity contribution in [2.45, 2.75) is 19.8 Å². The Kier molecular flexibility index (Phi) is 8.21. The number of ether oxygens (including phenoxy) is 2. The van der Waals surface area contributed by atoms with Crippen molar-refractivity contribution in [2.75, 3.05) is 38.3 Å². The van der Waals surface area contributed by atoms with Crippen LogP contribution in [0, 0.1) is 6.92 Å². The third kappa shape index (κ3) is 5.97. The molecule has 2 aromatic carbocycles. The summed E-state index contributed by atoms with van der Waals surface area (Å²) in [5, 5.41) is 0.704. The summed E-state index contributed by atoms with van der Waals surface area (Å²) in [7, 11) is 1.60. The van der Waals surface area contributed by atoms with Crippen molar-refractivity contribution in [3.63, 3.8) is 0 Å². The van der Waals surface area contributed by atoms with E-state index in [1.807, 2.05) is 49.4 Å². The molecular weight excluding hydrogens is 470 g/mol. The van der Waals surface area contributed by atoms with Crippen molar-refractivity contribution < 1.29 is 14.3 Å². The van der Waals surface area contributed by atoms with Gasteiger partial charge in [0.05, 0.1) is 18.5 Å². The summed E-state index contributed by atoms with van der Waals surface area (Å²) < 4.78 is 11.5. The van der Waals surface area contributed by atoms with Crippen molar-refractivity contribution in [3.05, 3.63) is 58.4 Å². The second-order valence-electron chi connectivity index (χ2n) is 8.05. The minimum absolute atomic E-state index is 0.580. The van der Waals surface area contributed by atoms with Crippen molar-refractivity contribution in [2.24, 2.45) is 4.99 Å². The first-order chi connectivity index (χ1) is 16.6. The van der Waals surface area contributed by atoms with Gasteiger partial charge in [-0.1, -0.05) is 23.7 Å². The van der Waals surface area contributed by atoms with Crippen LogP contribution in [0.2, 0.25) is 5.02 Å². The Morgan fingerprint density at radius 2 is 1.88 bits per heavy atom. The average molecular weight is 498 g/mol. The number of aryl methyl sites for hydroxylation is 1. The Hall–Kier alpha value is -2.87. The zero-order valence-corrected chi connectivity index (χ0v) is 20.9. The molecule has 1 aliphatic rings. The molecule has 6 nitrogen and oxygen atoms in total. The number of thiophene rings is 1. The first kappa shape index (κ1) is 24.3. The summed E-state index contributed by atoms with van der Waals surface area (Å²) in [5.74, 6) is 1.24. The van der Waals surface area contributed by atoms with Gasteiger partial charge in [-0.2, -0.15) is 0 Å². The third-order valence-corrected chi connectivity index (χ3v) is 7.10. The Labute approximate surface area is 209 Å². The topological polar surface area (TPSA) is 54.4 Å². The molecule has 0 bridgehead atoms. The van der Waals surface area contributed by atoms with Gasteiger partial charge in [0.25, 0.3) is 0 Å². The highest BCUT2D eigenvalue weighted by Gasteiger charge is 2.14. The van der Waals surface area contributed by atoms with Crippen LogP contribution in [0.3, 0.4) is 0 Å². The highest BCUT2D eigenvalue weighted by atomic mass is 35.5. The lowest BCUT2D eigenvalue weighted by atomic mass is 10.2. The fraction of sp³-hybridized carbons (Fsp3) is 0.308. The van der Waals surface area contributed by atoms with Gasteiger partial charge in [0.15, 0.2) is 11.5 Å². The maximum absolute atomic E-state index is 11.8. The first-order valence-electron chi connectivity index (χ1n) is 11.2. The number of hydrogen-bond acceptors (Lipinski definition) is 6. The molecule has 0 N–H and O–H groups in total. The number of carbonyl (C=O) groups is 1. The number of methoxy groups -OCH3 is 1. The quantitative estimate of drug-likeness (QED) is 0.190. The number of hydrogen-bond donors (Lipinski definition) is 0. The summed E-state index contributed by atoms with van der Waals surface area (Å²) in [6.45, 7) is 5.78. The van der Waals surface area contributed by atoms with E-state index in [0.717, 1.165) is 47.0 Å². The van der Waals surface area contributed by atoms with E-state index < -0.39 is 0 Å². The third-order valence-electron chi connectivity index (χ3n) is 5.76. The van der Waals surface area contributed by atoms with Crippen molar-refractivity contribution >= 4 is 47.1 Å². The molecule has 0 saturated carbocycles. The number of benzene rings is 2. The lowest BCUT2D eigenvalue weighted by molar-refractivity contribution is -0.106. The molecule has 0 unspecified atom stereocenters. The van der Waals surface area contributed by atoms with Crippen LogP contribution in [0.25, 0.3) is 10.4 Å². The SMILES string of the molecule is COc1cc(N(C=O)C=Nc2cc(-c3ccc(Cl)cc3)sc2C)ccc1OCCN1CCCC1. The molecule has 0 spiro atoms. The van der Waals surface area contributed by atoms with Crippen molar-refractivity contribution in [1.82, 2.24) is 4.90 Å². The summed E-state index contributed by atoms with van der Waals surface area (Å²) >= 11 is 7.65. The predicted octanol–water partition coefficient (Wildman–Crippen LogP) is 6.18. The molecule has 4 rings (SSSR count). The Morgan fingerprint density at radius 3 is 2.59 bits per heavy atom. The van der Waals surface area contributed by atoms with Gasteiger partial charge in [-0.25, -0.2) is 4.99 Å². The van der Waals surface area contributed by atoms with Crippen LogP contribution in [0.1, 0.15) is 17.7 Å². The largest absolute Gasteiger partial charge is 0.493 e. The normalized spacial score (nSPS) is 14.0. The Balaban J connectivity index is 1.45. The number of amides is 1. The molecule has 1 aromatic heterocycles. The van der Waals surface area contributed by atoms with Crippen LogP contribution in [-0.4, -0.2) is 51.0 Å². The van der Waals surface area contributed by atoms with E-state index in [1.165, 1.54) is 24.1 Å². The molecule has 1 saturated heterocycles. The van der Waals surface area contributed by atoms with Gasteiger partial charge in [0.1, 0.15) is 12.9 Å². The number of aliphatic imine (C=N–C) groups is 1. The molecule has 8 heteroatoms. The minimum Gasteiger partial charge on any atom is -0.493 e. The number of halogens is 1. The minimum atomic E-state index is 0.580. The second-order valence-corrected chi connectivity index (χ2v) is 9.74. The predicted molar refractivity (Wildman–Crippen MR) is 140 cm³/mol. The highest BCUT2D eigenvalue weighted by molar-refractivity contribution is 7.16. The maximum atomic E-state index is 11.8. The van der Waals surface area contributed by atoms with E-state index in [4.69, 9.17) is 21.1 Å². The van der Waals surface area contributed by atoms with E-state index in [2.05, 4.69) is 9.89 Å². The number of carbonyl (C=O) groups excluding carboxylic acids is 1. The molecule has 3 aromatic rings. The summed E-state index contributed by atoms with van der Waals surface area (Å²) in [4.78, 5) is 22.4. The summed E-state index contributed by atoms with van der Waals surface area (Å²) in [6, 6.07) is 15.2. The van der Waals surface area contributed by atoms with E-state index in [1.54, 1.807) is 24.5 Å². The molecule has 2 heterocycles. The smallest absolute Gasteiger partial charge is 0.219 e. The Morgan fingerprint density at radius 1 is 1.12 bits per heavy atom. The number of anilines is 1. The molecule has 1 aliphatic heterocycles. The molecule has 178 valence electrons. The van der Waals surface area contributed by atoms with Crippen molar-refractivity contribution in [3.8, 4) is 21.9 Å². The van der Waals surface area contributed by atoms with E-state index in [9.17, 15) is 4.79 Å². The van der Waals surface area contributed by atoms with Gasteiger partial charge >= 0.3 is 0 Å². The zero-order chi connectivity index (χ0) is 23.9. The van der Waals surface area contributed by atoms with Crippen LogP contribution in [0.15, 0.2) is 53.5 Å². The lowest BCUT2D eigenvalue weighted by Gasteiger charge is -2.18. The molecule has 1 amide bonds. The number of likely N-dealkylation sites (tertiary alicyclic amines) is 1. The molecule has 34 heavy (non-hydrogen) atoms. The monoisotopic (exact) mass is 497 g/mol. The van der Waals surface area contributed by atoms with Crippen LogP contribution < -0.4 is 14.4 Å². The maximum Gasteiger partial charge on any atom is 0.219 e. The fourth-order valence-electron chi connectivity index (χ4n) is 3.86. The Bertz CT molecular complexity index is 1140. The summed E-state index contributed by atoms with van der Waals surface area (Å²) in [6.07, 6.45) is 4.77. The average Bonchev–Trinajstić information content (AvgIpc) is 3.50. The molecule has 1 fully saturated rings. The van der Waals surface area contributed by atoms with Crippen molar-refractivity contribution in [1.29, 1.82) is 0 Å². The van der Waals surface area contributed by atoms with E-state index >= 15 is 0 Å². The fourth-order valence-corrected chi connectivity index (χ4v) is 4.96. The molecule has 0 radical (unpaired) electrons. The lowest BCUT2D eigenvalue weighted by Crippen LogP contribution is -2.25. The summed E-state index contributed by atoms with van der Waals surface area (Å²) in [5.41, 5.74) is 2.54. The molecule has 0 aliphatic carbocycles. The number of rotatable bonds is 10. The molecule has 0 atom stereocenters. The first-order valence-corrected chi connectivity index (χ1v) is 12.4. The van der Waals surface area contributed by atoms with Gasteiger partial charge < -0.3 is 9.47 Å². The van der Waals surface area contributed by atoms with Gasteiger partial charge in [-0.15, -0.1) is 11.3 Å². The zero-order valence-electron chi connectivity index (χ0n) is 19.4. The van der Waals surface area contributed by atoms with Gasteiger partial charge in [0.2, 0.25) is 6.41 Å². The molecular formula is C26H28ClN3O3S. The van der Waals surface area contributed by atoms with Crippen LogP contribution >= 0.6 is 22.9 Å². The van der Waals surface area contributed by atoms with Gasteiger partial charge in [-0.3, -0.25) is 14.6 Å². The van der Waals surface area contributed by atoms with Crippen LogP contribution in [0.5, 0.6) is 11.5 Å². The van der Waals surface area contributed by atoms with Gasteiger partial charge in [0, 0.05) is 27.4 Å². The van der Waals surface area contributed by atoms with E-state index in [-0.39, 0.29) is 0 Å². The highest BCUT2D eigenvalue weighted by Crippen LogP contribution is 2.36. The second kappa shape index (κ2) is 11.5. The van der Waals surface area contributed by atoms with Crippen LogP contribution in [-0.2, 0) is 4.79 Å². The van der Waals surface area contributed by atoms with Gasteiger partial charge in [-0.05, 0) is 68.8 Å². The van der Waals surface area contributed by atoms with Crippen LogP contribution in [0.4, 0.5) is 11.4 Å². The number of nitrogens with zero attached hydrogens (tertiary/aromatic N) is 3.